The fraction of sp³-hybridized carbons (Fsp3) is 0.538. The number of hydrogen-bond donors (Lipinski definition) is 1. The minimum atomic E-state index is 0.702. The third-order valence-corrected chi connectivity index (χ3v) is 2.27. The van der Waals surface area contributed by atoms with Crippen LogP contribution in [0.4, 0.5) is 0 Å². The van der Waals surface area contributed by atoms with Crippen molar-refractivity contribution in [1.29, 1.82) is 0 Å². The zero-order valence-corrected chi connectivity index (χ0v) is 9.92. The maximum atomic E-state index is 5.63. The summed E-state index contributed by atoms with van der Waals surface area (Å²) in [6.07, 6.45) is 1.11. The van der Waals surface area contributed by atoms with E-state index >= 15 is 0 Å². The van der Waals surface area contributed by atoms with Gasteiger partial charge in [-0.2, -0.15) is 0 Å². The molecule has 0 aliphatic heterocycles. The molecule has 0 saturated carbocycles. The topological polar surface area (TPSA) is 21.3 Å². The van der Waals surface area contributed by atoms with Gasteiger partial charge in [-0.25, -0.2) is 0 Å². The van der Waals surface area contributed by atoms with Gasteiger partial charge in [0, 0.05) is 6.54 Å². The van der Waals surface area contributed by atoms with Crippen molar-refractivity contribution in [2.75, 3.05) is 13.7 Å². The van der Waals surface area contributed by atoms with Gasteiger partial charge in [-0.1, -0.05) is 26.0 Å². The number of rotatable bonds is 6. The Morgan fingerprint density at radius 3 is 2.40 bits per heavy atom. The molecule has 1 rings (SSSR count). The predicted molar refractivity (Wildman–Crippen MR) is 64.2 cm³/mol. The van der Waals surface area contributed by atoms with Gasteiger partial charge in [0.1, 0.15) is 5.75 Å². The normalized spacial score (nSPS) is 10.7. The first-order valence-electron chi connectivity index (χ1n) is 5.58. The lowest BCUT2D eigenvalue weighted by Crippen LogP contribution is -2.05. The molecule has 15 heavy (non-hydrogen) atoms. The van der Waals surface area contributed by atoms with Crippen LogP contribution < -0.4 is 10.1 Å². The van der Waals surface area contributed by atoms with Crippen LogP contribution in [-0.2, 0) is 6.54 Å². The molecule has 0 amide bonds. The lowest BCUT2D eigenvalue weighted by molar-refractivity contribution is 0.289. The van der Waals surface area contributed by atoms with Gasteiger partial charge >= 0.3 is 0 Å². The van der Waals surface area contributed by atoms with E-state index in [0.717, 1.165) is 25.3 Å². The summed E-state index contributed by atoms with van der Waals surface area (Å²) < 4.78 is 5.63. The maximum absolute atomic E-state index is 5.63. The number of benzene rings is 1. The lowest BCUT2D eigenvalue weighted by atomic mass is 10.1. The Morgan fingerprint density at radius 1 is 1.20 bits per heavy atom. The zero-order chi connectivity index (χ0) is 11.1. The second-order valence-corrected chi connectivity index (χ2v) is 4.21. The molecule has 0 radical (unpaired) electrons. The molecule has 2 nitrogen and oxygen atoms in total. The van der Waals surface area contributed by atoms with Gasteiger partial charge in [0.25, 0.3) is 0 Å². The molecular weight excluding hydrogens is 186 g/mol. The van der Waals surface area contributed by atoms with Gasteiger partial charge in [0.15, 0.2) is 0 Å². The number of ether oxygens (including phenoxy) is 1. The van der Waals surface area contributed by atoms with E-state index in [1.807, 2.05) is 19.2 Å². The van der Waals surface area contributed by atoms with Crippen molar-refractivity contribution < 1.29 is 4.74 Å². The van der Waals surface area contributed by atoms with E-state index in [4.69, 9.17) is 4.74 Å². The molecular formula is C13H21NO. The average molecular weight is 207 g/mol. The Hall–Kier alpha value is -1.02. The molecule has 0 spiro atoms. The van der Waals surface area contributed by atoms with Crippen LogP contribution in [0, 0.1) is 5.92 Å². The van der Waals surface area contributed by atoms with Crippen LogP contribution in [0.25, 0.3) is 0 Å². The van der Waals surface area contributed by atoms with Gasteiger partial charge in [-0.05, 0) is 37.1 Å². The van der Waals surface area contributed by atoms with Crippen molar-refractivity contribution in [3.8, 4) is 5.75 Å². The summed E-state index contributed by atoms with van der Waals surface area (Å²) in [5.41, 5.74) is 1.29. The summed E-state index contributed by atoms with van der Waals surface area (Å²) >= 11 is 0. The van der Waals surface area contributed by atoms with E-state index < -0.39 is 0 Å². The fourth-order valence-corrected chi connectivity index (χ4v) is 1.32. The van der Waals surface area contributed by atoms with Crippen molar-refractivity contribution in [2.24, 2.45) is 5.92 Å². The van der Waals surface area contributed by atoms with Gasteiger partial charge in [-0.15, -0.1) is 0 Å². The highest BCUT2D eigenvalue weighted by molar-refractivity contribution is 5.27. The molecule has 0 atom stereocenters. The van der Waals surface area contributed by atoms with Crippen LogP contribution in [0.3, 0.4) is 0 Å². The van der Waals surface area contributed by atoms with Crippen LogP contribution in [0.1, 0.15) is 25.8 Å². The standard InChI is InChI=1S/C13H21NO/c1-11(2)8-9-15-13-6-4-12(5-7-13)10-14-3/h4-7,11,14H,8-10H2,1-3H3. The van der Waals surface area contributed by atoms with Crippen molar-refractivity contribution in [3.63, 3.8) is 0 Å². The molecule has 1 N–H and O–H groups in total. The van der Waals surface area contributed by atoms with Crippen molar-refractivity contribution in [3.05, 3.63) is 29.8 Å². The summed E-state index contributed by atoms with van der Waals surface area (Å²) in [4.78, 5) is 0. The second-order valence-electron chi connectivity index (χ2n) is 4.21. The van der Waals surface area contributed by atoms with Gasteiger partial charge in [0.2, 0.25) is 0 Å². The Kier molecular flexibility index (Phi) is 5.19. The Bertz CT molecular complexity index is 266. The smallest absolute Gasteiger partial charge is 0.119 e. The largest absolute Gasteiger partial charge is 0.494 e. The van der Waals surface area contributed by atoms with E-state index in [9.17, 15) is 0 Å². The molecule has 0 fully saturated rings. The molecule has 1 aromatic carbocycles. The molecule has 0 heterocycles. The Morgan fingerprint density at radius 2 is 1.87 bits per heavy atom. The molecule has 2 heteroatoms. The van der Waals surface area contributed by atoms with Crippen LogP contribution in [-0.4, -0.2) is 13.7 Å². The Balaban J connectivity index is 2.36. The minimum absolute atomic E-state index is 0.702. The molecule has 0 unspecified atom stereocenters. The van der Waals surface area contributed by atoms with Crippen LogP contribution >= 0.6 is 0 Å². The van der Waals surface area contributed by atoms with Gasteiger partial charge < -0.3 is 10.1 Å². The van der Waals surface area contributed by atoms with Crippen LogP contribution in [0.5, 0.6) is 5.75 Å². The fourth-order valence-electron chi connectivity index (χ4n) is 1.32. The highest BCUT2D eigenvalue weighted by Crippen LogP contribution is 2.13. The van der Waals surface area contributed by atoms with Crippen LogP contribution in [0.2, 0.25) is 0 Å². The third kappa shape index (κ3) is 4.84. The maximum Gasteiger partial charge on any atom is 0.119 e. The Labute approximate surface area is 92.6 Å². The molecule has 0 saturated heterocycles. The quantitative estimate of drug-likeness (QED) is 0.774. The summed E-state index contributed by atoms with van der Waals surface area (Å²) in [6.45, 7) is 6.13. The van der Waals surface area contributed by atoms with E-state index in [0.29, 0.717) is 5.92 Å². The molecule has 0 aromatic heterocycles. The molecule has 1 aromatic rings. The highest BCUT2D eigenvalue weighted by Gasteiger charge is 1.97. The van der Waals surface area contributed by atoms with E-state index in [-0.39, 0.29) is 0 Å². The van der Waals surface area contributed by atoms with Crippen LogP contribution in [0.15, 0.2) is 24.3 Å². The first kappa shape index (κ1) is 12.1. The molecule has 0 aliphatic rings. The highest BCUT2D eigenvalue weighted by atomic mass is 16.5. The summed E-state index contributed by atoms with van der Waals surface area (Å²) in [6, 6.07) is 8.27. The minimum Gasteiger partial charge on any atom is -0.494 e. The number of nitrogens with one attached hydrogen (secondary N) is 1. The van der Waals surface area contributed by atoms with E-state index in [1.54, 1.807) is 0 Å². The molecule has 0 bridgehead atoms. The first-order chi connectivity index (χ1) is 7.22. The summed E-state index contributed by atoms with van der Waals surface area (Å²) in [5.74, 6) is 1.67. The van der Waals surface area contributed by atoms with Crippen molar-refractivity contribution >= 4 is 0 Å². The predicted octanol–water partition coefficient (Wildman–Crippen LogP) is 2.83. The van der Waals surface area contributed by atoms with E-state index in [1.165, 1.54) is 5.56 Å². The van der Waals surface area contributed by atoms with E-state index in [2.05, 4.69) is 31.3 Å². The monoisotopic (exact) mass is 207 g/mol. The van der Waals surface area contributed by atoms with Crippen molar-refractivity contribution in [1.82, 2.24) is 5.32 Å². The lowest BCUT2D eigenvalue weighted by Gasteiger charge is -2.08. The summed E-state index contributed by atoms with van der Waals surface area (Å²) in [5, 5.41) is 3.12. The second kappa shape index (κ2) is 6.46. The van der Waals surface area contributed by atoms with Gasteiger partial charge in [-0.3, -0.25) is 0 Å². The van der Waals surface area contributed by atoms with Gasteiger partial charge in [0.05, 0.1) is 6.61 Å². The SMILES string of the molecule is CNCc1ccc(OCCC(C)C)cc1. The zero-order valence-electron chi connectivity index (χ0n) is 9.92. The average Bonchev–Trinajstić information content (AvgIpc) is 2.20. The molecule has 84 valence electrons. The number of hydrogen-bond acceptors (Lipinski definition) is 2. The third-order valence-electron chi connectivity index (χ3n) is 2.27. The van der Waals surface area contributed by atoms with Crippen molar-refractivity contribution in [2.45, 2.75) is 26.8 Å². The first-order valence-corrected chi connectivity index (χ1v) is 5.58. The molecule has 0 aliphatic carbocycles. The summed E-state index contributed by atoms with van der Waals surface area (Å²) in [7, 11) is 1.95.